The summed E-state index contributed by atoms with van der Waals surface area (Å²) in [6, 6.07) is 8.08. The van der Waals surface area contributed by atoms with Gasteiger partial charge in [0.05, 0.1) is 37.1 Å². The van der Waals surface area contributed by atoms with Crippen LogP contribution in [-0.2, 0) is 11.3 Å². The predicted molar refractivity (Wildman–Crippen MR) is 93.6 cm³/mol. The van der Waals surface area contributed by atoms with E-state index in [0.29, 0.717) is 5.92 Å². The minimum Gasteiger partial charge on any atom is -0.495 e. The minimum absolute atomic E-state index is 0.580. The minimum atomic E-state index is 0.580. The summed E-state index contributed by atoms with van der Waals surface area (Å²) >= 11 is 3.23. The number of thiazole rings is 1. The third kappa shape index (κ3) is 3.04. The van der Waals surface area contributed by atoms with E-state index in [0.717, 1.165) is 47.4 Å². The highest BCUT2D eigenvalue weighted by Crippen LogP contribution is 2.36. The van der Waals surface area contributed by atoms with Crippen LogP contribution in [0.25, 0.3) is 10.2 Å². The van der Waals surface area contributed by atoms with Crippen molar-refractivity contribution in [1.82, 2.24) is 9.36 Å². The van der Waals surface area contributed by atoms with Crippen molar-refractivity contribution >= 4 is 38.2 Å². The fourth-order valence-corrected chi connectivity index (χ4v) is 4.29. The van der Waals surface area contributed by atoms with Crippen molar-refractivity contribution in [2.24, 2.45) is 5.92 Å². The van der Waals surface area contributed by atoms with Crippen LogP contribution in [0.2, 0.25) is 0 Å². The van der Waals surface area contributed by atoms with Crippen LogP contribution >= 0.6 is 22.9 Å². The van der Waals surface area contributed by atoms with Crippen LogP contribution in [-0.4, -0.2) is 36.2 Å². The molecule has 3 aromatic rings. The summed E-state index contributed by atoms with van der Waals surface area (Å²) in [5.74, 6) is 1.47. The highest BCUT2D eigenvalue weighted by Gasteiger charge is 2.24. The average molecular weight is 347 g/mol. The molecule has 0 amide bonds. The van der Waals surface area contributed by atoms with Crippen molar-refractivity contribution in [3.8, 4) is 5.75 Å². The molecule has 120 valence electrons. The molecule has 0 saturated carbocycles. The Morgan fingerprint density at radius 2 is 2.26 bits per heavy atom. The highest BCUT2D eigenvalue weighted by atomic mass is 32.1. The molecular formula is C16H17N3O2S2. The summed E-state index contributed by atoms with van der Waals surface area (Å²) in [4.78, 5) is 8.41. The number of rotatable bonds is 6. The van der Waals surface area contributed by atoms with Gasteiger partial charge in [0, 0.05) is 23.5 Å². The second-order valence-electron chi connectivity index (χ2n) is 5.57. The molecule has 0 spiro atoms. The first-order valence-corrected chi connectivity index (χ1v) is 9.08. The third-order valence-electron chi connectivity index (χ3n) is 3.88. The Bertz CT molecular complexity index is 784. The Labute approximate surface area is 142 Å². The molecule has 0 unspecified atom stereocenters. The number of methoxy groups -OCH3 is 1. The molecule has 1 aliphatic rings. The summed E-state index contributed by atoms with van der Waals surface area (Å²) in [7, 11) is 1.70. The second-order valence-corrected chi connectivity index (χ2v) is 7.46. The number of ether oxygens (including phenoxy) is 2. The number of hydrogen-bond donors (Lipinski definition) is 0. The maximum atomic E-state index is 5.46. The van der Waals surface area contributed by atoms with Crippen LogP contribution in [0.4, 0.5) is 5.13 Å². The molecule has 2 aromatic heterocycles. The molecule has 0 bridgehead atoms. The first kappa shape index (κ1) is 14.9. The standard InChI is InChI=1S/C16H17N3O2S2/c1-20-14-4-2-3-13-15(14)22-16(18-13)19(7-11-9-21-10-11)8-12-5-6-17-23-12/h2-6,11H,7-10H2,1H3. The third-order valence-corrected chi connectivity index (χ3v) is 5.75. The Kier molecular flexibility index (Phi) is 4.15. The molecule has 0 atom stereocenters. The highest BCUT2D eigenvalue weighted by molar-refractivity contribution is 7.22. The van der Waals surface area contributed by atoms with E-state index in [9.17, 15) is 0 Å². The van der Waals surface area contributed by atoms with Crippen molar-refractivity contribution in [2.45, 2.75) is 6.54 Å². The van der Waals surface area contributed by atoms with Gasteiger partial charge in [0.15, 0.2) is 5.13 Å². The van der Waals surface area contributed by atoms with Gasteiger partial charge in [0.2, 0.25) is 0 Å². The molecule has 1 saturated heterocycles. The topological polar surface area (TPSA) is 47.5 Å². The summed E-state index contributed by atoms with van der Waals surface area (Å²) in [6.07, 6.45) is 1.85. The Morgan fingerprint density at radius 1 is 1.35 bits per heavy atom. The fourth-order valence-electron chi connectivity index (χ4n) is 2.63. The first-order chi connectivity index (χ1) is 11.3. The van der Waals surface area contributed by atoms with Gasteiger partial charge in [-0.2, -0.15) is 0 Å². The molecule has 23 heavy (non-hydrogen) atoms. The molecule has 5 nitrogen and oxygen atoms in total. The zero-order chi connectivity index (χ0) is 15.6. The van der Waals surface area contributed by atoms with E-state index in [2.05, 4.69) is 15.3 Å². The average Bonchev–Trinajstić information content (AvgIpc) is 3.17. The van der Waals surface area contributed by atoms with Crippen LogP contribution < -0.4 is 9.64 Å². The Morgan fingerprint density at radius 3 is 2.96 bits per heavy atom. The molecule has 4 rings (SSSR count). The molecule has 1 aliphatic heterocycles. The molecule has 3 heterocycles. The lowest BCUT2D eigenvalue weighted by Gasteiger charge is -2.32. The zero-order valence-corrected chi connectivity index (χ0v) is 14.4. The molecule has 0 aliphatic carbocycles. The van der Waals surface area contributed by atoms with Gasteiger partial charge in [-0.15, -0.1) is 0 Å². The lowest BCUT2D eigenvalue weighted by molar-refractivity contribution is -0.0277. The summed E-state index contributed by atoms with van der Waals surface area (Å²) < 4.78 is 16.1. The number of nitrogens with zero attached hydrogens (tertiary/aromatic N) is 3. The van der Waals surface area contributed by atoms with E-state index in [-0.39, 0.29) is 0 Å². The number of benzene rings is 1. The smallest absolute Gasteiger partial charge is 0.186 e. The summed E-state index contributed by atoms with van der Waals surface area (Å²) in [5.41, 5.74) is 0.989. The number of fused-ring (bicyclic) bond motifs is 1. The fraction of sp³-hybridized carbons (Fsp3) is 0.375. The van der Waals surface area contributed by atoms with E-state index < -0.39 is 0 Å². The lowest BCUT2D eigenvalue weighted by Crippen LogP contribution is -2.39. The quantitative estimate of drug-likeness (QED) is 0.684. The van der Waals surface area contributed by atoms with E-state index in [1.807, 2.05) is 24.4 Å². The van der Waals surface area contributed by atoms with Crippen molar-refractivity contribution in [3.63, 3.8) is 0 Å². The van der Waals surface area contributed by atoms with E-state index in [1.165, 1.54) is 4.88 Å². The van der Waals surface area contributed by atoms with Gasteiger partial charge in [-0.1, -0.05) is 17.4 Å². The maximum absolute atomic E-state index is 5.46. The van der Waals surface area contributed by atoms with Gasteiger partial charge in [-0.25, -0.2) is 9.36 Å². The van der Waals surface area contributed by atoms with E-state index >= 15 is 0 Å². The zero-order valence-electron chi connectivity index (χ0n) is 12.8. The monoisotopic (exact) mass is 347 g/mol. The van der Waals surface area contributed by atoms with Crippen LogP contribution in [0.5, 0.6) is 5.75 Å². The van der Waals surface area contributed by atoms with Crippen LogP contribution in [0.1, 0.15) is 4.88 Å². The van der Waals surface area contributed by atoms with Crippen LogP contribution in [0, 0.1) is 5.92 Å². The number of hydrogen-bond acceptors (Lipinski definition) is 7. The summed E-state index contributed by atoms with van der Waals surface area (Å²) in [6.45, 7) is 3.48. The van der Waals surface area contributed by atoms with Gasteiger partial charge in [-0.05, 0) is 29.7 Å². The van der Waals surface area contributed by atoms with Crippen LogP contribution in [0.15, 0.2) is 30.5 Å². The van der Waals surface area contributed by atoms with Crippen molar-refractivity contribution in [1.29, 1.82) is 0 Å². The Hall–Kier alpha value is -1.70. The van der Waals surface area contributed by atoms with Gasteiger partial charge in [0.25, 0.3) is 0 Å². The number of aromatic nitrogens is 2. The molecule has 7 heteroatoms. The van der Waals surface area contributed by atoms with Gasteiger partial charge < -0.3 is 14.4 Å². The van der Waals surface area contributed by atoms with Gasteiger partial charge >= 0.3 is 0 Å². The van der Waals surface area contributed by atoms with E-state index in [1.54, 1.807) is 30.0 Å². The van der Waals surface area contributed by atoms with E-state index in [4.69, 9.17) is 14.5 Å². The maximum Gasteiger partial charge on any atom is 0.186 e. The van der Waals surface area contributed by atoms with Crippen molar-refractivity contribution in [2.75, 3.05) is 31.8 Å². The summed E-state index contributed by atoms with van der Waals surface area (Å²) in [5, 5.41) is 1.03. The van der Waals surface area contributed by atoms with Crippen molar-refractivity contribution < 1.29 is 9.47 Å². The largest absolute Gasteiger partial charge is 0.495 e. The predicted octanol–water partition coefficient (Wildman–Crippen LogP) is 3.41. The molecule has 0 radical (unpaired) electrons. The molecule has 1 aromatic carbocycles. The second kappa shape index (κ2) is 6.43. The molecular weight excluding hydrogens is 330 g/mol. The normalized spacial score (nSPS) is 14.8. The van der Waals surface area contributed by atoms with Gasteiger partial charge in [0.1, 0.15) is 5.75 Å². The van der Waals surface area contributed by atoms with Gasteiger partial charge in [-0.3, -0.25) is 0 Å². The molecule has 0 N–H and O–H groups in total. The number of anilines is 1. The Balaban J connectivity index is 1.66. The SMILES string of the molecule is COc1cccc2nc(N(Cc3ccns3)CC3COC3)sc12. The van der Waals surface area contributed by atoms with Crippen molar-refractivity contribution in [3.05, 3.63) is 35.3 Å². The lowest BCUT2D eigenvalue weighted by atomic mass is 10.1. The first-order valence-electron chi connectivity index (χ1n) is 7.49. The molecule has 1 fully saturated rings. The van der Waals surface area contributed by atoms with Crippen LogP contribution in [0.3, 0.4) is 0 Å².